The number of hydrogen-bond donors (Lipinski definition) is 1. The molecule has 0 spiro atoms. The molecule has 0 radical (unpaired) electrons. The Labute approximate surface area is 113 Å². The van der Waals surface area contributed by atoms with Crippen LogP contribution in [0.25, 0.3) is 10.2 Å². The number of rotatable bonds is 2. The monoisotopic (exact) mass is 301 g/mol. The molecule has 0 amide bonds. The quantitative estimate of drug-likeness (QED) is 0.911. The molecular formula is C11H11NO3S3. The molecule has 2 aromatic rings. The highest BCUT2D eigenvalue weighted by Gasteiger charge is 2.37. The third-order valence-corrected chi connectivity index (χ3v) is 7.17. The zero-order valence-corrected chi connectivity index (χ0v) is 11.8. The predicted octanol–water partition coefficient (Wildman–Crippen LogP) is 1.55. The van der Waals surface area contributed by atoms with Crippen LogP contribution in [0.1, 0.15) is 0 Å². The van der Waals surface area contributed by atoms with E-state index in [2.05, 4.69) is 4.98 Å². The van der Waals surface area contributed by atoms with E-state index in [1.54, 1.807) is 0 Å². The van der Waals surface area contributed by atoms with Crippen LogP contribution in [0.15, 0.2) is 28.6 Å². The van der Waals surface area contributed by atoms with E-state index in [0.717, 1.165) is 14.6 Å². The lowest BCUT2D eigenvalue weighted by Crippen LogP contribution is -2.19. The number of hydrogen-bond acceptors (Lipinski definition) is 6. The van der Waals surface area contributed by atoms with Gasteiger partial charge in [0.15, 0.2) is 14.2 Å². The van der Waals surface area contributed by atoms with E-state index in [4.69, 9.17) is 0 Å². The Morgan fingerprint density at radius 2 is 2.11 bits per heavy atom. The minimum Gasteiger partial charge on any atom is -0.391 e. The van der Waals surface area contributed by atoms with Crippen molar-refractivity contribution in [3.8, 4) is 0 Å². The first-order valence-electron chi connectivity index (χ1n) is 5.44. The molecule has 0 saturated carbocycles. The number of nitrogens with zero attached hydrogens (tertiary/aromatic N) is 1. The van der Waals surface area contributed by atoms with Crippen molar-refractivity contribution in [2.24, 2.45) is 0 Å². The molecule has 1 aliphatic rings. The highest BCUT2D eigenvalue weighted by Crippen LogP contribution is 2.35. The largest absolute Gasteiger partial charge is 0.391 e. The number of para-hydroxylation sites is 1. The fourth-order valence-corrected chi connectivity index (χ4v) is 6.76. The number of aromatic nitrogens is 1. The number of sulfone groups is 1. The van der Waals surface area contributed by atoms with E-state index in [1.165, 1.54) is 23.1 Å². The molecule has 18 heavy (non-hydrogen) atoms. The van der Waals surface area contributed by atoms with Crippen molar-refractivity contribution >= 4 is 43.2 Å². The van der Waals surface area contributed by atoms with Gasteiger partial charge in [0, 0.05) is 0 Å². The maximum Gasteiger partial charge on any atom is 0.154 e. The van der Waals surface area contributed by atoms with Gasteiger partial charge in [0.2, 0.25) is 0 Å². The molecule has 1 aliphatic heterocycles. The summed E-state index contributed by atoms with van der Waals surface area (Å²) in [5, 5.41) is 9.44. The van der Waals surface area contributed by atoms with Crippen molar-refractivity contribution in [1.29, 1.82) is 0 Å². The first-order chi connectivity index (χ1) is 8.53. The van der Waals surface area contributed by atoms with Crippen molar-refractivity contribution in [3.63, 3.8) is 0 Å². The van der Waals surface area contributed by atoms with Crippen molar-refractivity contribution in [3.05, 3.63) is 24.3 Å². The molecular weight excluding hydrogens is 290 g/mol. The maximum atomic E-state index is 11.4. The van der Waals surface area contributed by atoms with Gasteiger partial charge in [-0.25, -0.2) is 13.4 Å². The van der Waals surface area contributed by atoms with E-state index >= 15 is 0 Å². The van der Waals surface area contributed by atoms with Crippen LogP contribution in [0, 0.1) is 0 Å². The summed E-state index contributed by atoms with van der Waals surface area (Å²) in [5.74, 6) is -0.0929. The number of thioether (sulfide) groups is 1. The molecule has 1 fully saturated rings. The van der Waals surface area contributed by atoms with Gasteiger partial charge in [-0.05, 0) is 12.1 Å². The summed E-state index contributed by atoms with van der Waals surface area (Å²) in [6.07, 6.45) is -0.785. The Morgan fingerprint density at radius 1 is 1.33 bits per heavy atom. The summed E-state index contributed by atoms with van der Waals surface area (Å²) in [5.41, 5.74) is 0.917. The molecule has 2 atom stereocenters. The molecule has 1 N–H and O–H groups in total. The Hall–Kier alpha value is -0.630. The summed E-state index contributed by atoms with van der Waals surface area (Å²) in [6.45, 7) is 0. The third-order valence-electron chi connectivity index (χ3n) is 2.80. The van der Waals surface area contributed by atoms with Crippen LogP contribution in [0.2, 0.25) is 0 Å². The first kappa shape index (κ1) is 12.4. The molecule has 3 rings (SSSR count). The first-order valence-corrected chi connectivity index (χ1v) is 8.96. The van der Waals surface area contributed by atoms with Crippen molar-refractivity contribution < 1.29 is 13.5 Å². The summed E-state index contributed by atoms with van der Waals surface area (Å²) in [7, 11) is -3.09. The topological polar surface area (TPSA) is 67.3 Å². The van der Waals surface area contributed by atoms with Gasteiger partial charge in [0.25, 0.3) is 0 Å². The lowest BCUT2D eigenvalue weighted by Gasteiger charge is -2.08. The SMILES string of the molecule is O=S1(=O)CC(O)C(Sc2nc3ccccc3s2)C1. The van der Waals surface area contributed by atoms with E-state index in [-0.39, 0.29) is 16.8 Å². The Balaban J connectivity index is 1.84. The Morgan fingerprint density at radius 3 is 2.78 bits per heavy atom. The van der Waals surface area contributed by atoms with Crippen LogP contribution in [-0.4, -0.2) is 41.4 Å². The van der Waals surface area contributed by atoms with Crippen molar-refractivity contribution in [2.75, 3.05) is 11.5 Å². The van der Waals surface area contributed by atoms with Gasteiger partial charge in [-0.2, -0.15) is 0 Å². The van der Waals surface area contributed by atoms with Crippen LogP contribution < -0.4 is 0 Å². The molecule has 4 nitrogen and oxygen atoms in total. The average Bonchev–Trinajstić information content (AvgIpc) is 2.79. The molecule has 2 unspecified atom stereocenters. The van der Waals surface area contributed by atoms with E-state index < -0.39 is 15.9 Å². The lowest BCUT2D eigenvalue weighted by molar-refractivity contribution is 0.207. The molecule has 2 heterocycles. The average molecular weight is 301 g/mol. The summed E-state index contributed by atoms with van der Waals surface area (Å²) >= 11 is 2.90. The molecule has 1 saturated heterocycles. The third kappa shape index (κ3) is 2.40. The zero-order chi connectivity index (χ0) is 12.8. The van der Waals surface area contributed by atoms with Crippen molar-refractivity contribution in [1.82, 2.24) is 4.98 Å². The normalized spacial score (nSPS) is 26.7. The van der Waals surface area contributed by atoms with Crippen LogP contribution in [0.4, 0.5) is 0 Å². The Kier molecular flexibility index (Phi) is 3.09. The van der Waals surface area contributed by atoms with Gasteiger partial charge in [-0.3, -0.25) is 0 Å². The van der Waals surface area contributed by atoms with E-state index in [1.807, 2.05) is 24.3 Å². The summed E-state index contributed by atoms with van der Waals surface area (Å²) in [6, 6.07) is 7.78. The number of fused-ring (bicyclic) bond motifs is 1. The maximum absolute atomic E-state index is 11.4. The molecule has 7 heteroatoms. The fourth-order valence-electron chi connectivity index (χ4n) is 1.94. The van der Waals surface area contributed by atoms with Gasteiger partial charge in [-0.1, -0.05) is 23.9 Å². The predicted molar refractivity (Wildman–Crippen MR) is 73.9 cm³/mol. The van der Waals surface area contributed by atoms with Gasteiger partial charge in [-0.15, -0.1) is 11.3 Å². The lowest BCUT2D eigenvalue weighted by atomic mass is 10.3. The van der Waals surface area contributed by atoms with Crippen LogP contribution >= 0.6 is 23.1 Å². The highest BCUT2D eigenvalue weighted by molar-refractivity contribution is 8.03. The van der Waals surface area contributed by atoms with Crippen LogP contribution in [0.5, 0.6) is 0 Å². The van der Waals surface area contributed by atoms with Crippen LogP contribution in [-0.2, 0) is 9.84 Å². The molecule has 96 valence electrons. The number of benzene rings is 1. The minimum absolute atomic E-state index is 0.0365. The molecule has 0 aliphatic carbocycles. The second-order valence-electron chi connectivity index (χ2n) is 4.25. The zero-order valence-electron chi connectivity index (χ0n) is 9.31. The molecule has 0 bridgehead atoms. The number of thiazole rings is 1. The van der Waals surface area contributed by atoms with Gasteiger partial charge < -0.3 is 5.11 Å². The van der Waals surface area contributed by atoms with E-state index in [9.17, 15) is 13.5 Å². The standard InChI is InChI=1S/C11H11NO3S3/c13-8-5-18(14,15)6-10(8)17-11-12-7-3-1-2-4-9(7)16-11/h1-4,8,10,13H,5-6H2. The number of aliphatic hydroxyl groups excluding tert-OH is 1. The molecule has 1 aromatic heterocycles. The van der Waals surface area contributed by atoms with Gasteiger partial charge >= 0.3 is 0 Å². The highest BCUT2D eigenvalue weighted by atomic mass is 32.2. The summed E-state index contributed by atoms with van der Waals surface area (Å²) < 4.78 is 24.7. The second kappa shape index (κ2) is 4.48. The number of aliphatic hydroxyl groups is 1. The Bertz CT molecular complexity index is 647. The van der Waals surface area contributed by atoms with Gasteiger partial charge in [0.1, 0.15) is 0 Å². The molecule has 1 aromatic carbocycles. The second-order valence-corrected chi connectivity index (χ2v) is 8.92. The fraction of sp³-hybridized carbons (Fsp3) is 0.364. The summed E-state index contributed by atoms with van der Waals surface area (Å²) in [4.78, 5) is 4.43. The van der Waals surface area contributed by atoms with Gasteiger partial charge in [0.05, 0.1) is 33.1 Å². The van der Waals surface area contributed by atoms with Crippen LogP contribution in [0.3, 0.4) is 0 Å². The van der Waals surface area contributed by atoms with Crippen molar-refractivity contribution in [2.45, 2.75) is 15.7 Å². The smallest absolute Gasteiger partial charge is 0.154 e. The van der Waals surface area contributed by atoms with E-state index in [0.29, 0.717) is 0 Å². The minimum atomic E-state index is -3.09.